The van der Waals surface area contributed by atoms with Crippen LogP contribution in [-0.4, -0.2) is 5.11 Å². The molecular formula is C16H18ClNO. The van der Waals surface area contributed by atoms with Crippen LogP contribution in [0.1, 0.15) is 23.6 Å². The van der Waals surface area contributed by atoms with Gasteiger partial charge in [-0.25, -0.2) is 0 Å². The monoisotopic (exact) mass is 275 g/mol. The molecule has 0 heterocycles. The van der Waals surface area contributed by atoms with E-state index >= 15 is 0 Å². The van der Waals surface area contributed by atoms with Crippen LogP contribution in [0.5, 0.6) is 5.75 Å². The summed E-state index contributed by atoms with van der Waals surface area (Å²) in [6.07, 6.45) is 1.02. The number of phenolic OH excluding ortho intramolecular Hbond substituents is 1. The lowest BCUT2D eigenvalue weighted by Crippen LogP contribution is -2.14. The third kappa shape index (κ3) is 3.49. The minimum absolute atomic E-state index is 0.240. The summed E-state index contributed by atoms with van der Waals surface area (Å²) < 4.78 is 0. The minimum atomic E-state index is 0.240. The maximum absolute atomic E-state index is 9.76. The van der Waals surface area contributed by atoms with Crippen LogP contribution in [-0.2, 0) is 19.5 Å². The molecule has 0 aliphatic carbocycles. The van der Waals surface area contributed by atoms with E-state index in [9.17, 15) is 5.11 Å². The van der Waals surface area contributed by atoms with E-state index in [1.165, 1.54) is 11.1 Å². The molecule has 0 radical (unpaired) electrons. The highest BCUT2D eigenvalue weighted by Crippen LogP contribution is 2.24. The molecule has 0 atom stereocenters. The Morgan fingerprint density at radius 2 is 1.74 bits per heavy atom. The maximum Gasteiger partial charge on any atom is 0.121 e. The average Bonchev–Trinajstić information content (AvgIpc) is 2.42. The van der Waals surface area contributed by atoms with E-state index in [-0.39, 0.29) is 5.75 Å². The predicted molar refractivity (Wildman–Crippen MR) is 79.5 cm³/mol. The molecule has 2 rings (SSSR count). The van der Waals surface area contributed by atoms with Crippen molar-refractivity contribution in [2.75, 3.05) is 0 Å². The molecule has 2 aromatic carbocycles. The van der Waals surface area contributed by atoms with Crippen molar-refractivity contribution >= 4 is 11.6 Å². The van der Waals surface area contributed by atoms with E-state index in [2.05, 4.69) is 30.4 Å². The first-order valence-corrected chi connectivity index (χ1v) is 6.84. The molecule has 0 saturated carbocycles. The van der Waals surface area contributed by atoms with Gasteiger partial charge in [-0.3, -0.25) is 0 Å². The molecule has 0 spiro atoms. The van der Waals surface area contributed by atoms with E-state index in [0.717, 1.165) is 18.5 Å². The second kappa shape index (κ2) is 6.60. The fourth-order valence-corrected chi connectivity index (χ4v) is 2.36. The molecule has 0 aromatic heterocycles. The summed E-state index contributed by atoms with van der Waals surface area (Å²) in [6, 6.07) is 13.6. The van der Waals surface area contributed by atoms with Crippen LogP contribution in [0.25, 0.3) is 0 Å². The molecule has 2 nitrogen and oxygen atoms in total. The van der Waals surface area contributed by atoms with Crippen molar-refractivity contribution < 1.29 is 5.11 Å². The summed E-state index contributed by atoms with van der Waals surface area (Å²) in [5.74, 6) is 0.240. The number of benzene rings is 2. The first kappa shape index (κ1) is 13.9. The topological polar surface area (TPSA) is 32.3 Å². The standard InChI is InChI=1S/C16H18ClNO/c1-2-12-6-3-4-7-13(12)10-18-11-14-15(17)8-5-9-16(14)19/h3-9,18-19H,2,10-11H2,1H3. The van der Waals surface area contributed by atoms with Crippen molar-refractivity contribution in [2.45, 2.75) is 26.4 Å². The van der Waals surface area contributed by atoms with Crippen LogP contribution in [0.2, 0.25) is 5.02 Å². The highest BCUT2D eigenvalue weighted by Gasteiger charge is 2.06. The number of halogens is 1. The van der Waals surface area contributed by atoms with Gasteiger partial charge in [0.1, 0.15) is 5.75 Å². The fourth-order valence-electron chi connectivity index (χ4n) is 2.12. The molecule has 0 amide bonds. The van der Waals surface area contributed by atoms with Crippen LogP contribution in [0.3, 0.4) is 0 Å². The zero-order chi connectivity index (χ0) is 13.7. The Balaban J connectivity index is 2.00. The second-order valence-electron chi connectivity index (χ2n) is 4.46. The number of hydrogen-bond donors (Lipinski definition) is 2. The Labute approximate surface area is 119 Å². The Kier molecular flexibility index (Phi) is 4.83. The van der Waals surface area contributed by atoms with Crippen molar-refractivity contribution in [1.29, 1.82) is 0 Å². The van der Waals surface area contributed by atoms with Gasteiger partial charge in [0, 0.05) is 23.7 Å². The van der Waals surface area contributed by atoms with Gasteiger partial charge in [0.25, 0.3) is 0 Å². The van der Waals surface area contributed by atoms with E-state index in [1.807, 2.05) is 6.07 Å². The average molecular weight is 276 g/mol. The van der Waals surface area contributed by atoms with Crippen LogP contribution in [0.15, 0.2) is 42.5 Å². The molecule has 0 aliphatic rings. The van der Waals surface area contributed by atoms with Gasteiger partial charge in [-0.2, -0.15) is 0 Å². The molecule has 2 N–H and O–H groups in total. The van der Waals surface area contributed by atoms with E-state index in [0.29, 0.717) is 11.6 Å². The largest absolute Gasteiger partial charge is 0.508 e. The van der Waals surface area contributed by atoms with Crippen molar-refractivity contribution in [1.82, 2.24) is 5.32 Å². The Hall–Kier alpha value is -1.51. The number of nitrogens with one attached hydrogen (secondary N) is 1. The van der Waals surface area contributed by atoms with Gasteiger partial charge in [-0.1, -0.05) is 48.9 Å². The summed E-state index contributed by atoms with van der Waals surface area (Å²) in [5, 5.41) is 13.7. The van der Waals surface area contributed by atoms with E-state index in [1.54, 1.807) is 18.2 Å². The van der Waals surface area contributed by atoms with Gasteiger partial charge in [0.05, 0.1) is 0 Å². The molecular weight excluding hydrogens is 258 g/mol. The molecule has 19 heavy (non-hydrogen) atoms. The summed E-state index contributed by atoms with van der Waals surface area (Å²) in [7, 11) is 0. The van der Waals surface area contributed by atoms with Crippen molar-refractivity contribution in [2.24, 2.45) is 0 Å². The molecule has 3 heteroatoms. The van der Waals surface area contributed by atoms with Gasteiger partial charge in [-0.15, -0.1) is 0 Å². The SMILES string of the molecule is CCc1ccccc1CNCc1c(O)cccc1Cl. The Morgan fingerprint density at radius 1 is 1.00 bits per heavy atom. The summed E-state index contributed by atoms with van der Waals surface area (Å²) in [4.78, 5) is 0. The molecule has 0 fully saturated rings. The van der Waals surface area contributed by atoms with Crippen LogP contribution < -0.4 is 5.32 Å². The van der Waals surface area contributed by atoms with Gasteiger partial charge < -0.3 is 10.4 Å². The quantitative estimate of drug-likeness (QED) is 0.867. The zero-order valence-corrected chi connectivity index (χ0v) is 11.7. The molecule has 0 saturated heterocycles. The first-order chi connectivity index (χ1) is 9.22. The summed E-state index contributed by atoms with van der Waals surface area (Å²) in [5.41, 5.74) is 3.38. The third-order valence-electron chi connectivity index (χ3n) is 3.21. The van der Waals surface area contributed by atoms with Gasteiger partial charge in [-0.05, 0) is 29.7 Å². The van der Waals surface area contributed by atoms with Crippen molar-refractivity contribution in [3.63, 3.8) is 0 Å². The van der Waals surface area contributed by atoms with Gasteiger partial charge in [0.15, 0.2) is 0 Å². The maximum atomic E-state index is 9.76. The van der Waals surface area contributed by atoms with Gasteiger partial charge in [0.2, 0.25) is 0 Å². The Bertz CT molecular complexity index is 534. The molecule has 0 bridgehead atoms. The van der Waals surface area contributed by atoms with Crippen molar-refractivity contribution in [3.05, 3.63) is 64.2 Å². The molecule has 2 aromatic rings. The third-order valence-corrected chi connectivity index (χ3v) is 3.56. The van der Waals surface area contributed by atoms with Crippen LogP contribution >= 0.6 is 11.6 Å². The molecule has 100 valence electrons. The molecule has 0 aliphatic heterocycles. The zero-order valence-electron chi connectivity index (χ0n) is 11.0. The lowest BCUT2D eigenvalue weighted by atomic mass is 10.1. The minimum Gasteiger partial charge on any atom is -0.508 e. The van der Waals surface area contributed by atoms with Crippen molar-refractivity contribution in [3.8, 4) is 5.75 Å². The summed E-state index contributed by atoms with van der Waals surface area (Å²) in [6.45, 7) is 3.48. The smallest absolute Gasteiger partial charge is 0.121 e. The number of phenols is 1. The first-order valence-electron chi connectivity index (χ1n) is 6.46. The lowest BCUT2D eigenvalue weighted by Gasteiger charge is -2.11. The van der Waals surface area contributed by atoms with E-state index < -0.39 is 0 Å². The highest BCUT2D eigenvalue weighted by atomic mass is 35.5. The second-order valence-corrected chi connectivity index (χ2v) is 4.87. The number of aromatic hydroxyl groups is 1. The van der Waals surface area contributed by atoms with Crippen LogP contribution in [0, 0.1) is 0 Å². The predicted octanol–water partition coefficient (Wildman–Crippen LogP) is 3.90. The van der Waals surface area contributed by atoms with E-state index in [4.69, 9.17) is 11.6 Å². The van der Waals surface area contributed by atoms with Crippen LogP contribution in [0.4, 0.5) is 0 Å². The summed E-state index contributed by atoms with van der Waals surface area (Å²) >= 11 is 6.07. The van der Waals surface area contributed by atoms with Gasteiger partial charge >= 0.3 is 0 Å². The highest BCUT2D eigenvalue weighted by molar-refractivity contribution is 6.31. The normalized spacial score (nSPS) is 10.6. The lowest BCUT2D eigenvalue weighted by molar-refractivity contribution is 0.464. The number of aryl methyl sites for hydroxylation is 1. The fraction of sp³-hybridized carbons (Fsp3) is 0.250. The number of rotatable bonds is 5. The molecule has 0 unspecified atom stereocenters. The Morgan fingerprint density at radius 3 is 2.42 bits per heavy atom. The number of hydrogen-bond acceptors (Lipinski definition) is 2.